The van der Waals surface area contributed by atoms with E-state index in [2.05, 4.69) is 9.71 Å². The highest BCUT2D eigenvalue weighted by molar-refractivity contribution is 7.92. The minimum absolute atomic E-state index is 0.0544. The van der Waals surface area contributed by atoms with Crippen LogP contribution in [-0.2, 0) is 10.0 Å². The first kappa shape index (κ1) is 20.4. The summed E-state index contributed by atoms with van der Waals surface area (Å²) in [7, 11) is -2.33. The van der Waals surface area contributed by atoms with Gasteiger partial charge in [-0.25, -0.2) is 13.4 Å². The van der Waals surface area contributed by atoms with Gasteiger partial charge in [0.15, 0.2) is 0 Å². The predicted octanol–water partition coefficient (Wildman–Crippen LogP) is 5.94. The van der Waals surface area contributed by atoms with E-state index in [0.29, 0.717) is 11.4 Å². The molecule has 0 saturated heterocycles. The molecule has 5 nitrogen and oxygen atoms in total. The SMILES string of the molecule is COc1ccc(S(=O)(=O)Nc2cccc(-c3csc(-c4ccccc4)n3)c2)cc1Cl. The van der Waals surface area contributed by atoms with Crippen LogP contribution in [0.5, 0.6) is 5.75 Å². The predicted molar refractivity (Wildman–Crippen MR) is 122 cm³/mol. The highest BCUT2D eigenvalue weighted by Gasteiger charge is 2.17. The molecule has 0 spiro atoms. The average molecular weight is 457 g/mol. The van der Waals surface area contributed by atoms with Gasteiger partial charge >= 0.3 is 0 Å². The van der Waals surface area contributed by atoms with Gasteiger partial charge in [-0.2, -0.15) is 0 Å². The number of ether oxygens (including phenoxy) is 1. The van der Waals surface area contributed by atoms with Crippen LogP contribution in [0, 0.1) is 0 Å². The van der Waals surface area contributed by atoms with Gasteiger partial charge in [0.1, 0.15) is 10.8 Å². The maximum absolute atomic E-state index is 12.8. The minimum atomic E-state index is -3.81. The Bertz CT molecular complexity index is 1290. The van der Waals surface area contributed by atoms with Crippen molar-refractivity contribution >= 4 is 38.6 Å². The van der Waals surface area contributed by atoms with E-state index >= 15 is 0 Å². The molecule has 0 aliphatic rings. The van der Waals surface area contributed by atoms with Crippen molar-refractivity contribution < 1.29 is 13.2 Å². The van der Waals surface area contributed by atoms with Crippen LogP contribution in [-0.4, -0.2) is 20.5 Å². The molecule has 1 aromatic heterocycles. The molecule has 1 heterocycles. The molecule has 0 atom stereocenters. The molecule has 0 amide bonds. The van der Waals surface area contributed by atoms with Crippen molar-refractivity contribution in [3.63, 3.8) is 0 Å². The Hall–Kier alpha value is -2.87. The molecule has 0 bridgehead atoms. The lowest BCUT2D eigenvalue weighted by Gasteiger charge is -2.10. The lowest BCUT2D eigenvalue weighted by atomic mass is 10.1. The van der Waals surface area contributed by atoms with Gasteiger partial charge in [-0.1, -0.05) is 54.1 Å². The van der Waals surface area contributed by atoms with E-state index in [1.807, 2.05) is 41.8 Å². The van der Waals surface area contributed by atoms with Crippen molar-refractivity contribution in [1.82, 2.24) is 4.98 Å². The zero-order valence-electron chi connectivity index (χ0n) is 15.9. The smallest absolute Gasteiger partial charge is 0.261 e. The number of anilines is 1. The number of methoxy groups -OCH3 is 1. The van der Waals surface area contributed by atoms with Gasteiger partial charge in [-0.15, -0.1) is 11.3 Å². The third-order valence-corrected chi connectivity index (χ3v) is 6.93. The number of benzene rings is 3. The Morgan fingerprint density at radius 2 is 1.73 bits per heavy atom. The number of nitrogens with one attached hydrogen (secondary N) is 1. The summed E-state index contributed by atoms with van der Waals surface area (Å²) < 4.78 is 33.2. The zero-order chi connectivity index (χ0) is 21.1. The lowest BCUT2D eigenvalue weighted by Crippen LogP contribution is -2.13. The molecule has 0 aliphatic heterocycles. The summed E-state index contributed by atoms with van der Waals surface area (Å²) in [5, 5.41) is 3.09. The molecule has 3 aromatic carbocycles. The van der Waals surface area contributed by atoms with Crippen molar-refractivity contribution in [3.05, 3.63) is 83.2 Å². The van der Waals surface area contributed by atoms with Gasteiger partial charge in [0.05, 0.1) is 22.7 Å². The molecule has 4 aromatic rings. The van der Waals surface area contributed by atoms with Crippen LogP contribution in [0.4, 0.5) is 5.69 Å². The Balaban J connectivity index is 1.60. The molecule has 4 rings (SSSR count). The van der Waals surface area contributed by atoms with E-state index in [1.165, 1.54) is 25.3 Å². The van der Waals surface area contributed by atoms with Crippen LogP contribution < -0.4 is 9.46 Å². The largest absolute Gasteiger partial charge is 0.495 e. The molecule has 30 heavy (non-hydrogen) atoms. The number of halogens is 1. The maximum atomic E-state index is 12.8. The maximum Gasteiger partial charge on any atom is 0.261 e. The number of hydrogen-bond donors (Lipinski definition) is 1. The molecule has 0 fully saturated rings. The fourth-order valence-electron chi connectivity index (χ4n) is 2.89. The van der Waals surface area contributed by atoms with Gasteiger partial charge in [-0.3, -0.25) is 4.72 Å². The van der Waals surface area contributed by atoms with E-state index in [4.69, 9.17) is 16.3 Å². The normalized spacial score (nSPS) is 11.3. The number of nitrogens with zero attached hydrogens (tertiary/aromatic N) is 1. The van der Waals surface area contributed by atoms with Gasteiger partial charge in [-0.05, 0) is 30.3 Å². The molecular weight excluding hydrogens is 440 g/mol. The van der Waals surface area contributed by atoms with E-state index in [1.54, 1.807) is 29.5 Å². The standard InChI is InChI=1S/C22H17ClN2O3S2/c1-28-21-11-10-18(13-19(21)23)30(26,27)25-17-9-5-8-16(12-17)20-14-29-22(24-20)15-6-3-2-4-7-15/h2-14,25H,1H3. The number of aromatic nitrogens is 1. The Labute approximate surface area is 184 Å². The molecule has 0 saturated carbocycles. The van der Waals surface area contributed by atoms with Crippen LogP contribution in [0.3, 0.4) is 0 Å². The number of hydrogen-bond acceptors (Lipinski definition) is 5. The van der Waals surface area contributed by atoms with Crippen LogP contribution in [0.25, 0.3) is 21.8 Å². The summed E-state index contributed by atoms with van der Waals surface area (Å²) in [5.74, 6) is 0.412. The van der Waals surface area contributed by atoms with Gasteiger partial charge < -0.3 is 4.74 Å². The average Bonchev–Trinajstić information content (AvgIpc) is 3.25. The fraction of sp³-hybridized carbons (Fsp3) is 0.0455. The quantitative estimate of drug-likeness (QED) is 0.390. The van der Waals surface area contributed by atoms with Crippen LogP contribution in [0.15, 0.2) is 83.1 Å². The van der Waals surface area contributed by atoms with Crippen molar-refractivity contribution in [3.8, 4) is 27.6 Å². The number of sulfonamides is 1. The van der Waals surface area contributed by atoms with Crippen LogP contribution in [0.2, 0.25) is 5.02 Å². The van der Waals surface area contributed by atoms with Crippen LogP contribution in [0.1, 0.15) is 0 Å². The van der Waals surface area contributed by atoms with E-state index in [-0.39, 0.29) is 9.92 Å². The summed E-state index contributed by atoms with van der Waals surface area (Å²) in [6.45, 7) is 0. The second kappa shape index (κ2) is 8.47. The molecule has 152 valence electrons. The first-order valence-corrected chi connectivity index (χ1v) is 11.7. The highest BCUT2D eigenvalue weighted by atomic mass is 35.5. The van der Waals surface area contributed by atoms with Crippen molar-refractivity contribution in [2.75, 3.05) is 11.8 Å². The van der Waals surface area contributed by atoms with Crippen LogP contribution >= 0.6 is 22.9 Å². The Morgan fingerprint density at radius 3 is 2.47 bits per heavy atom. The molecule has 1 N–H and O–H groups in total. The van der Waals surface area contributed by atoms with Crippen molar-refractivity contribution in [1.29, 1.82) is 0 Å². The van der Waals surface area contributed by atoms with Gasteiger partial charge in [0.2, 0.25) is 0 Å². The first-order chi connectivity index (χ1) is 14.5. The summed E-state index contributed by atoms with van der Waals surface area (Å²) in [5.41, 5.74) is 3.09. The van der Waals surface area contributed by atoms with E-state index in [0.717, 1.165) is 21.8 Å². The first-order valence-electron chi connectivity index (χ1n) is 8.94. The topological polar surface area (TPSA) is 68.3 Å². The summed E-state index contributed by atoms with van der Waals surface area (Å²) in [6, 6.07) is 21.4. The molecule has 0 aliphatic carbocycles. The van der Waals surface area contributed by atoms with Crippen molar-refractivity contribution in [2.45, 2.75) is 4.90 Å². The van der Waals surface area contributed by atoms with Gasteiger partial charge in [0, 0.05) is 22.2 Å². The monoisotopic (exact) mass is 456 g/mol. The van der Waals surface area contributed by atoms with E-state index < -0.39 is 10.0 Å². The second-order valence-electron chi connectivity index (χ2n) is 6.39. The van der Waals surface area contributed by atoms with E-state index in [9.17, 15) is 8.42 Å². The third kappa shape index (κ3) is 4.33. The summed E-state index contributed by atoms with van der Waals surface area (Å²) in [4.78, 5) is 4.74. The number of thiazole rings is 1. The summed E-state index contributed by atoms with van der Waals surface area (Å²) >= 11 is 7.61. The molecule has 0 unspecified atom stereocenters. The zero-order valence-corrected chi connectivity index (χ0v) is 18.3. The second-order valence-corrected chi connectivity index (χ2v) is 9.33. The molecule has 0 radical (unpaired) electrons. The summed E-state index contributed by atoms with van der Waals surface area (Å²) in [6.07, 6.45) is 0. The minimum Gasteiger partial charge on any atom is -0.495 e. The highest BCUT2D eigenvalue weighted by Crippen LogP contribution is 2.31. The lowest BCUT2D eigenvalue weighted by molar-refractivity contribution is 0.414. The van der Waals surface area contributed by atoms with Gasteiger partial charge in [0.25, 0.3) is 10.0 Å². The number of rotatable bonds is 6. The molecule has 8 heteroatoms. The molecular formula is C22H17ClN2O3S2. The third-order valence-electron chi connectivity index (χ3n) is 4.37. The Kier molecular flexibility index (Phi) is 5.76. The Morgan fingerprint density at radius 1 is 0.967 bits per heavy atom. The van der Waals surface area contributed by atoms with Crippen molar-refractivity contribution in [2.24, 2.45) is 0 Å². The fourth-order valence-corrected chi connectivity index (χ4v) is 5.12.